The minimum atomic E-state index is -1.34. The van der Waals surface area contributed by atoms with Gasteiger partial charge in [-0.25, -0.2) is 18.7 Å². The van der Waals surface area contributed by atoms with E-state index in [1.54, 1.807) is 16.8 Å². The first-order valence-electron chi connectivity index (χ1n) is 9.65. The third-order valence-electron chi connectivity index (χ3n) is 5.30. The number of carbonyl (C=O) groups is 2. The smallest absolute Gasteiger partial charge is 0.243 e. The van der Waals surface area contributed by atoms with Gasteiger partial charge in [-0.1, -0.05) is 23.7 Å². The topological polar surface area (TPSA) is 106 Å². The van der Waals surface area contributed by atoms with Gasteiger partial charge in [0.1, 0.15) is 42.4 Å². The molecule has 2 atom stereocenters. The Morgan fingerprint density at radius 1 is 1.34 bits per heavy atom. The Morgan fingerprint density at radius 2 is 2.12 bits per heavy atom. The van der Waals surface area contributed by atoms with Crippen LogP contribution in [0.5, 0.6) is 0 Å². The molecule has 0 radical (unpaired) electrons. The average Bonchev–Trinajstić information content (AvgIpc) is 3.30. The molecule has 1 aliphatic rings. The molecule has 8 nitrogen and oxygen atoms in total. The van der Waals surface area contributed by atoms with Gasteiger partial charge < -0.3 is 20.5 Å². The molecule has 3 N–H and O–H groups in total. The summed E-state index contributed by atoms with van der Waals surface area (Å²) in [6.07, 6.45) is 1.43. The Bertz CT molecular complexity index is 1210. The number of carbonyl (C=O) groups excluding carboxylic acids is 2. The van der Waals surface area contributed by atoms with E-state index in [1.807, 2.05) is 0 Å². The highest BCUT2D eigenvalue weighted by Crippen LogP contribution is 2.29. The van der Waals surface area contributed by atoms with Crippen LogP contribution in [0.1, 0.15) is 12.0 Å². The van der Waals surface area contributed by atoms with E-state index in [9.17, 15) is 18.4 Å². The summed E-state index contributed by atoms with van der Waals surface area (Å²) in [7, 11) is 0. The predicted molar refractivity (Wildman–Crippen MR) is 118 cm³/mol. The van der Waals surface area contributed by atoms with Crippen molar-refractivity contribution in [3.8, 4) is 0 Å². The first-order chi connectivity index (χ1) is 15.3. The molecule has 2 amide bonds. The number of halogens is 4. The lowest BCUT2D eigenvalue weighted by Crippen LogP contribution is -2.46. The van der Waals surface area contributed by atoms with E-state index in [2.05, 4.69) is 31.2 Å². The number of hydrogen-bond acceptors (Lipinski definition) is 5. The van der Waals surface area contributed by atoms with E-state index in [0.717, 1.165) is 0 Å². The summed E-state index contributed by atoms with van der Waals surface area (Å²) in [6, 6.07) is 3.44. The summed E-state index contributed by atoms with van der Waals surface area (Å²) < 4.78 is 30.4. The largest absolute Gasteiger partial charge is 0.383 e. The number of likely N-dealkylation sites (tertiary alicyclic amines) is 1. The van der Waals surface area contributed by atoms with Gasteiger partial charge in [-0.05, 0) is 22.0 Å². The third-order valence-corrected chi connectivity index (χ3v) is 6.19. The van der Waals surface area contributed by atoms with Crippen molar-refractivity contribution in [1.82, 2.24) is 24.8 Å². The van der Waals surface area contributed by atoms with Crippen LogP contribution in [0.15, 0.2) is 35.2 Å². The fourth-order valence-corrected chi connectivity index (χ4v) is 4.57. The molecule has 32 heavy (non-hydrogen) atoms. The van der Waals surface area contributed by atoms with Crippen molar-refractivity contribution in [3.05, 3.63) is 51.6 Å². The maximum absolute atomic E-state index is 14.2. The van der Waals surface area contributed by atoms with Crippen molar-refractivity contribution in [3.63, 3.8) is 0 Å². The lowest BCUT2D eigenvalue weighted by molar-refractivity contribution is -0.139. The number of nitrogen functional groups attached to an aromatic ring is 1. The van der Waals surface area contributed by atoms with Crippen LogP contribution in [0, 0.1) is 5.82 Å². The van der Waals surface area contributed by atoms with Crippen LogP contribution in [0.2, 0.25) is 5.02 Å². The zero-order valence-electron chi connectivity index (χ0n) is 16.6. The number of benzene rings is 1. The van der Waals surface area contributed by atoms with Crippen LogP contribution in [0.3, 0.4) is 0 Å². The summed E-state index contributed by atoms with van der Waals surface area (Å²) in [5.74, 6) is -1.41. The van der Waals surface area contributed by atoms with Crippen LogP contribution < -0.4 is 11.1 Å². The summed E-state index contributed by atoms with van der Waals surface area (Å²) in [5, 5.41) is 3.07. The van der Waals surface area contributed by atoms with Crippen molar-refractivity contribution in [2.45, 2.75) is 31.7 Å². The third kappa shape index (κ3) is 4.26. The quantitative estimate of drug-likeness (QED) is 0.531. The monoisotopic (exact) mass is 526 g/mol. The molecule has 1 saturated heterocycles. The zero-order chi connectivity index (χ0) is 23.0. The molecule has 12 heteroatoms. The van der Waals surface area contributed by atoms with E-state index < -0.39 is 29.8 Å². The minimum absolute atomic E-state index is 0.0622. The summed E-state index contributed by atoms with van der Waals surface area (Å²) in [5.41, 5.74) is 6.51. The van der Waals surface area contributed by atoms with Crippen molar-refractivity contribution < 1.29 is 18.4 Å². The van der Waals surface area contributed by atoms with E-state index in [-0.39, 0.29) is 42.5 Å². The van der Waals surface area contributed by atoms with Gasteiger partial charge in [-0.2, -0.15) is 0 Å². The van der Waals surface area contributed by atoms with Crippen LogP contribution >= 0.6 is 27.5 Å². The molecule has 0 bridgehead atoms. The van der Waals surface area contributed by atoms with Crippen molar-refractivity contribution in [1.29, 1.82) is 0 Å². The Balaban J connectivity index is 1.49. The molecule has 0 spiro atoms. The second-order valence-electron chi connectivity index (χ2n) is 7.39. The number of nitrogens with zero attached hydrogens (tertiary/aromatic N) is 4. The van der Waals surface area contributed by atoms with Gasteiger partial charge in [0.25, 0.3) is 0 Å². The molecular weight excluding hydrogens is 510 g/mol. The highest BCUT2D eigenvalue weighted by Gasteiger charge is 2.39. The van der Waals surface area contributed by atoms with E-state index in [0.29, 0.717) is 15.5 Å². The summed E-state index contributed by atoms with van der Waals surface area (Å²) >= 11 is 9.13. The van der Waals surface area contributed by atoms with E-state index >= 15 is 0 Å². The molecule has 0 unspecified atom stereocenters. The highest BCUT2D eigenvalue weighted by atomic mass is 79.9. The van der Waals surface area contributed by atoms with Crippen molar-refractivity contribution >= 4 is 56.2 Å². The van der Waals surface area contributed by atoms with Gasteiger partial charge in [0.2, 0.25) is 11.8 Å². The van der Waals surface area contributed by atoms with Crippen LogP contribution in [-0.2, 0) is 22.7 Å². The number of alkyl halides is 1. The number of amides is 2. The molecule has 3 heterocycles. The number of nitrogens with one attached hydrogen (secondary N) is 1. The second kappa shape index (κ2) is 8.99. The van der Waals surface area contributed by atoms with Gasteiger partial charge in [0.15, 0.2) is 0 Å². The molecule has 1 aliphatic heterocycles. The summed E-state index contributed by atoms with van der Waals surface area (Å²) in [4.78, 5) is 35.0. The molecule has 0 aliphatic carbocycles. The van der Waals surface area contributed by atoms with Gasteiger partial charge in [-0.3, -0.25) is 9.59 Å². The molecule has 1 aromatic carbocycles. The van der Waals surface area contributed by atoms with Crippen LogP contribution in [0.4, 0.5) is 14.6 Å². The first-order valence-corrected chi connectivity index (χ1v) is 10.8. The Kier molecular flexibility index (Phi) is 6.29. The fraction of sp³-hybridized carbons (Fsp3) is 0.300. The minimum Gasteiger partial charge on any atom is -0.383 e. The first kappa shape index (κ1) is 22.4. The molecule has 168 valence electrons. The van der Waals surface area contributed by atoms with Crippen LogP contribution in [-0.4, -0.2) is 50.0 Å². The molecule has 2 aromatic heterocycles. The van der Waals surface area contributed by atoms with Gasteiger partial charge in [0.05, 0.1) is 17.0 Å². The van der Waals surface area contributed by atoms with Gasteiger partial charge in [-0.15, -0.1) is 0 Å². The lowest BCUT2D eigenvalue weighted by atomic mass is 10.1. The molecule has 4 rings (SSSR count). The Labute approximate surface area is 194 Å². The fourth-order valence-electron chi connectivity index (χ4n) is 3.75. The average molecular weight is 528 g/mol. The maximum Gasteiger partial charge on any atom is 0.243 e. The van der Waals surface area contributed by atoms with Gasteiger partial charge >= 0.3 is 0 Å². The standard InChI is InChI=1S/C20H18BrClF2N6O2/c21-12-7-29(19-16(12)18(25)27-9-28-19)8-15(31)30-6-11(23)4-14(30)20(32)26-5-10-2-1-3-13(22)17(10)24/h1-3,7,9,11,14H,4-6,8H2,(H,26,32)(H2,25,27,28)/t11-,14-/m1/s1. The number of aromatic nitrogens is 3. The zero-order valence-corrected chi connectivity index (χ0v) is 18.9. The molecule has 1 fully saturated rings. The van der Waals surface area contributed by atoms with Crippen LogP contribution in [0.25, 0.3) is 11.0 Å². The maximum atomic E-state index is 14.2. The SMILES string of the molecule is Nc1ncnc2c1c(Br)cn2CC(=O)N1C[C@H](F)C[C@@H]1C(=O)NCc1cccc(Cl)c1F. The van der Waals surface area contributed by atoms with Crippen molar-refractivity contribution in [2.24, 2.45) is 0 Å². The molecular formula is C20H18BrClF2N6O2. The predicted octanol–water partition coefficient (Wildman–Crippen LogP) is 2.82. The summed E-state index contributed by atoms with van der Waals surface area (Å²) in [6.45, 7) is -0.510. The second-order valence-corrected chi connectivity index (χ2v) is 8.65. The van der Waals surface area contributed by atoms with E-state index in [4.69, 9.17) is 17.3 Å². The number of fused-ring (bicyclic) bond motifs is 1. The number of nitrogens with two attached hydrogens (primary N) is 1. The highest BCUT2D eigenvalue weighted by molar-refractivity contribution is 9.10. The normalized spacial score (nSPS) is 18.3. The number of anilines is 1. The number of hydrogen-bond donors (Lipinski definition) is 2. The van der Waals surface area contributed by atoms with Crippen molar-refractivity contribution in [2.75, 3.05) is 12.3 Å². The number of rotatable bonds is 5. The lowest BCUT2D eigenvalue weighted by Gasteiger charge is -2.24. The van der Waals surface area contributed by atoms with E-state index in [1.165, 1.54) is 23.4 Å². The van der Waals surface area contributed by atoms with Gasteiger partial charge in [0, 0.05) is 29.2 Å². The Hall–Kier alpha value is -2.79. The molecule has 3 aromatic rings. The Morgan fingerprint density at radius 3 is 2.91 bits per heavy atom. The molecule has 0 saturated carbocycles.